The Kier molecular flexibility index (Phi) is 6.15. The molecule has 0 aromatic carbocycles. The van der Waals surface area contributed by atoms with Gasteiger partial charge in [-0.05, 0) is 33.6 Å². The maximum Gasteiger partial charge on any atom is 0.237 e. The van der Waals surface area contributed by atoms with Crippen LogP contribution in [0, 0.1) is 13.8 Å². The van der Waals surface area contributed by atoms with Crippen molar-refractivity contribution in [3.8, 4) is 0 Å². The minimum atomic E-state index is -0.284. The molecule has 0 saturated carbocycles. The molecule has 3 rings (SSSR count). The maximum atomic E-state index is 12.5. The average Bonchev–Trinajstić information content (AvgIpc) is 3.32. The quantitative estimate of drug-likeness (QED) is 0.695. The van der Waals surface area contributed by atoms with E-state index in [1.54, 1.807) is 4.68 Å². The molecule has 0 spiro atoms. The van der Waals surface area contributed by atoms with Gasteiger partial charge in [0.15, 0.2) is 4.34 Å². The summed E-state index contributed by atoms with van der Waals surface area (Å²) in [5, 5.41) is 19.3. The molecule has 26 heavy (non-hydrogen) atoms. The molecule has 0 unspecified atom stereocenters. The third-order valence-electron chi connectivity index (χ3n) is 4.32. The van der Waals surface area contributed by atoms with Crippen LogP contribution in [0.25, 0.3) is 0 Å². The summed E-state index contributed by atoms with van der Waals surface area (Å²) >= 11 is 2.86. The van der Waals surface area contributed by atoms with Crippen LogP contribution in [0.4, 0.5) is 10.8 Å². The van der Waals surface area contributed by atoms with E-state index in [1.165, 1.54) is 23.1 Å². The van der Waals surface area contributed by atoms with Crippen LogP contribution in [-0.2, 0) is 16.6 Å². The van der Waals surface area contributed by atoms with Crippen LogP contribution in [0.3, 0.4) is 0 Å². The van der Waals surface area contributed by atoms with Crippen LogP contribution in [-0.4, -0.2) is 50.4 Å². The lowest BCUT2D eigenvalue weighted by atomic mass is 10.2. The summed E-state index contributed by atoms with van der Waals surface area (Å²) in [6.07, 6.45) is 2.45. The molecule has 2 aromatic rings. The third kappa shape index (κ3) is 4.54. The van der Waals surface area contributed by atoms with Crippen molar-refractivity contribution in [3.05, 3.63) is 11.4 Å². The highest BCUT2D eigenvalue weighted by Gasteiger charge is 2.21. The van der Waals surface area contributed by atoms with Gasteiger partial charge in [0.05, 0.1) is 28.4 Å². The molecule has 1 saturated heterocycles. The van der Waals surface area contributed by atoms with Crippen LogP contribution in [0.1, 0.15) is 31.2 Å². The Bertz CT molecular complexity index is 769. The Labute approximate surface area is 161 Å². The summed E-state index contributed by atoms with van der Waals surface area (Å²) in [5.41, 5.74) is 2.53. The highest BCUT2D eigenvalue weighted by molar-refractivity contribution is 8.02. The Morgan fingerprint density at radius 2 is 2.27 bits per heavy atom. The first-order valence-electron chi connectivity index (χ1n) is 8.60. The van der Waals surface area contributed by atoms with Crippen molar-refractivity contribution < 1.29 is 9.53 Å². The fourth-order valence-corrected chi connectivity index (χ4v) is 4.62. The second-order valence-electron chi connectivity index (χ2n) is 6.31. The molecule has 1 aliphatic heterocycles. The van der Waals surface area contributed by atoms with Crippen molar-refractivity contribution in [2.45, 2.75) is 49.3 Å². The summed E-state index contributed by atoms with van der Waals surface area (Å²) < 4.78 is 8.11. The molecular weight excluding hydrogens is 372 g/mol. The van der Waals surface area contributed by atoms with E-state index < -0.39 is 0 Å². The summed E-state index contributed by atoms with van der Waals surface area (Å²) in [6.45, 7) is 7.27. The normalized spacial score (nSPS) is 18.1. The van der Waals surface area contributed by atoms with Gasteiger partial charge in [-0.25, -0.2) is 0 Å². The average molecular weight is 397 g/mol. The molecule has 142 valence electrons. The van der Waals surface area contributed by atoms with Gasteiger partial charge in [0.1, 0.15) is 0 Å². The van der Waals surface area contributed by atoms with E-state index in [0.29, 0.717) is 0 Å². The van der Waals surface area contributed by atoms with Gasteiger partial charge >= 0.3 is 0 Å². The van der Waals surface area contributed by atoms with Gasteiger partial charge in [0.25, 0.3) is 0 Å². The molecule has 10 heteroatoms. The van der Waals surface area contributed by atoms with Gasteiger partial charge in [0, 0.05) is 20.2 Å². The van der Waals surface area contributed by atoms with E-state index in [9.17, 15) is 4.79 Å². The molecular formula is C16H24N6O2S2. The Balaban J connectivity index is 1.52. The molecule has 1 fully saturated rings. The van der Waals surface area contributed by atoms with E-state index >= 15 is 0 Å². The van der Waals surface area contributed by atoms with E-state index in [2.05, 4.69) is 25.9 Å². The van der Waals surface area contributed by atoms with E-state index in [-0.39, 0.29) is 17.3 Å². The summed E-state index contributed by atoms with van der Waals surface area (Å²) in [4.78, 5) is 12.5. The summed E-state index contributed by atoms with van der Waals surface area (Å²) in [5.74, 6) is -0.0711. The number of anilines is 2. The van der Waals surface area contributed by atoms with E-state index in [1.807, 2.05) is 27.8 Å². The fraction of sp³-hybridized carbons (Fsp3) is 0.625. The first kappa shape index (κ1) is 19.1. The van der Waals surface area contributed by atoms with Gasteiger partial charge in [0.2, 0.25) is 11.0 Å². The number of hydrogen-bond donors (Lipinski definition) is 2. The number of aromatic nitrogens is 4. The van der Waals surface area contributed by atoms with Crippen molar-refractivity contribution in [1.29, 1.82) is 0 Å². The molecule has 0 bridgehead atoms. The highest BCUT2D eigenvalue weighted by atomic mass is 32.2. The van der Waals surface area contributed by atoms with Gasteiger partial charge in [-0.2, -0.15) is 5.10 Å². The van der Waals surface area contributed by atoms with Crippen LogP contribution in [0.15, 0.2) is 4.34 Å². The van der Waals surface area contributed by atoms with Crippen LogP contribution in [0.5, 0.6) is 0 Å². The van der Waals surface area contributed by atoms with Gasteiger partial charge in [-0.15, -0.1) is 10.2 Å². The predicted molar refractivity (Wildman–Crippen MR) is 104 cm³/mol. The fourth-order valence-electron chi connectivity index (χ4n) is 2.72. The standard InChI is InChI=1S/C16H24N6O2S2/c1-9-13(10(2)22(4)21-9)18-14(23)11(3)25-16-20-19-15(26-16)17-8-12-6-5-7-24-12/h11-12H,5-8H2,1-4H3,(H,17,19)(H,18,23)/t11-,12+/m0/s1. The van der Waals surface area contributed by atoms with Gasteiger partial charge in [-0.1, -0.05) is 23.1 Å². The number of nitrogens with zero attached hydrogens (tertiary/aromatic N) is 4. The Hall–Kier alpha value is -1.65. The molecule has 1 aliphatic rings. The lowest BCUT2D eigenvalue weighted by Crippen LogP contribution is -2.23. The minimum absolute atomic E-state index is 0.0711. The van der Waals surface area contributed by atoms with Crippen molar-refractivity contribution >= 4 is 39.8 Å². The third-order valence-corrected chi connectivity index (χ3v) is 6.38. The van der Waals surface area contributed by atoms with E-state index in [0.717, 1.165) is 52.5 Å². The van der Waals surface area contributed by atoms with Crippen molar-refractivity contribution in [2.24, 2.45) is 7.05 Å². The molecule has 0 aliphatic carbocycles. The number of carbonyl (C=O) groups is 1. The SMILES string of the molecule is Cc1nn(C)c(C)c1NC(=O)[C@H](C)Sc1nnc(NC[C@H]2CCCO2)s1. The topological polar surface area (TPSA) is 94.0 Å². The molecule has 2 N–H and O–H groups in total. The number of hydrogen-bond acceptors (Lipinski definition) is 8. The molecule has 3 heterocycles. The van der Waals surface area contributed by atoms with Crippen LogP contribution in [0.2, 0.25) is 0 Å². The Morgan fingerprint density at radius 3 is 2.92 bits per heavy atom. The molecule has 8 nitrogen and oxygen atoms in total. The molecule has 2 atom stereocenters. The van der Waals surface area contributed by atoms with Crippen LogP contribution >= 0.6 is 23.1 Å². The smallest absolute Gasteiger partial charge is 0.237 e. The van der Waals surface area contributed by atoms with Crippen molar-refractivity contribution in [2.75, 3.05) is 23.8 Å². The number of aryl methyl sites for hydroxylation is 2. The number of amides is 1. The number of carbonyl (C=O) groups excluding carboxylic acids is 1. The van der Waals surface area contributed by atoms with Crippen LogP contribution < -0.4 is 10.6 Å². The maximum absolute atomic E-state index is 12.5. The predicted octanol–water partition coefficient (Wildman–Crippen LogP) is 2.60. The number of thioether (sulfide) groups is 1. The second-order valence-corrected chi connectivity index (χ2v) is 8.87. The lowest BCUT2D eigenvalue weighted by Gasteiger charge is -2.10. The van der Waals surface area contributed by atoms with Crippen molar-refractivity contribution in [3.63, 3.8) is 0 Å². The molecule has 2 aromatic heterocycles. The summed E-state index contributed by atoms with van der Waals surface area (Å²) in [7, 11) is 1.86. The van der Waals surface area contributed by atoms with E-state index in [4.69, 9.17) is 4.74 Å². The minimum Gasteiger partial charge on any atom is -0.376 e. The monoisotopic (exact) mass is 396 g/mol. The molecule has 1 amide bonds. The zero-order valence-corrected chi connectivity index (χ0v) is 17.0. The largest absolute Gasteiger partial charge is 0.376 e. The first-order valence-corrected chi connectivity index (χ1v) is 10.3. The molecule has 0 radical (unpaired) electrons. The number of ether oxygens (including phenoxy) is 1. The second kappa shape index (κ2) is 8.36. The summed E-state index contributed by atoms with van der Waals surface area (Å²) in [6, 6.07) is 0. The van der Waals surface area contributed by atoms with Gasteiger partial charge < -0.3 is 15.4 Å². The highest BCUT2D eigenvalue weighted by Crippen LogP contribution is 2.30. The Morgan fingerprint density at radius 1 is 1.46 bits per heavy atom. The lowest BCUT2D eigenvalue weighted by molar-refractivity contribution is -0.115. The number of rotatable bonds is 7. The zero-order chi connectivity index (χ0) is 18.7. The van der Waals surface area contributed by atoms with Gasteiger partial charge in [-0.3, -0.25) is 9.48 Å². The zero-order valence-electron chi connectivity index (χ0n) is 15.4. The number of nitrogens with one attached hydrogen (secondary N) is 2. The first-order chi connectivity index (χ1) is 12.4. The van der Waals surface area contributed by atoms with Crippen molar-refractivity contribution in [1.82, 2.24) is 20.0 Å².